The molecule has 1 aromatic carbocycles. The summed E-state index contributed by atoms with van der Waals surface area (Å²) in [7, 11) is 4.07. The summed E-state index contributed by atoms with van der Waals surface area (Å²) in [5, 5.41) is 0. The van der Waals surface area contributed by atoms with Crippen molar-refractivity contribution in [3.63, 3.8) is 0 Å². The molecule has 0 amide bonds. The van der Waals surface area contributed by atoms with Crippen molar-refractivity contribution < 1.29 is 4.74 Å². The van der Waals surface area contributed by atoms with Crippen LogP contribution in [0.3, 0.4) is 0 Å². The quantitative estimate of drug-likeness (QED) is 0.800. The molecule has 1 heterocycles. The molecule has 0 fully saturated rings. The minimum absolute atomic E-state index is 0.304. The van der Waals surface area contributed by atoms with Crippen LogP contribution in [0.1, 0.15) is 19.4 Å². The Labute approximate surface area is 103 Å². The average molecular weight is 232 g/mol. The van der Waals surface area contributed by atoms with E-state index in [1.807, 2.05) is 14.1 Å². The monoisotopic (exact) mass is 232 g/mol. The van der Waals surface area contributed by atoms with Gasteiger partial charge in [0.15, 0.2) is 0 Å². The molecule has 3 heteroatoms. The zero-order valence-corrected chi connectivity index (χ0v) is 11.0. The fraction of sp³-hybridized carbons (Fsp3) is 0.500. The maximum absolute atomic E-state index is 5.65. The maximum Gasteiger partial charge on any atom is 0.216 e. The lowest BCUT2D eigenvalue weighted by atomic mass is 10.1. The second kappa shape index (κ2) is 4.78. The molecule has 1 aliphatic rings. The highest BCUT2D eigenvalue weighted by Crippen LogP contribution is 2.19. The van der Waals surface area contributed by atoms with Crippen molar-refractivity contribution in [3.8, 4) is 0 Å². The summed E-state index contributed by atoms with van der Waals surface area (Å²) in [5.41, 5.74) is 2.26. The van der Waals surface area contributed by atoms with Gasteiger partial charge in [-0.3, -0.25) is 0 Å². The predicted molar refractivity (Wildman–Crippen MR) is 71.9 cm³/mol. The van der Waals surface area contributed by atoms with Crippen LogP contribution in [0.15, 0.2) is 29.3 Å². The Morgan fingerprint density at radius 1 is 1.24 bits per heavy atom. The molecule has 3 nitrogen and oxygen atoms in total. The van der Waals surface area contributed by atoms with Gasteiger partial charge in [0.2, 0.25) is 5.90 Å². The zero-order chi connectivity index (χ0) is 12.4. The normalized spacial score (nSPS) is 19.1. The first-order valence-electron chi connectivity index (χ1n) is 6.06. The molecular weight excluding hydrogens is 212 g/mol. The molecule has 2 rings (SSSR count). The lowest BCUT2D eigenvalue weighted by Gasteiger charge is -2.12. The van der Waals surface area contributed by atoms with Crippen molar-refractivity contribution in [2.24, 2.45) is 10.9 Å². The molecule has 0 spiro atoms. The van der Waals surface area contributed by atoms with Gasteiger partial charge in [-0.05, 0) is 30.2 Å². The van der Waals surface area contributed by atoms with E-state index in [0.29, 0.717) is 18.6 Å². The van der Waals surface area contributed by atoms with Gasteiger partial charge in [-0.25, -0.2) is 4.99 Å². The topological polar surface area (TPSA) is 24.8 Å². The fourth-order valence-electron chi connectivity index (χ4n) is 1.79. The van der Waals surface area contributed by atoms with E-state index in [2.05, 4.69) is 48.0 Å². The minimum Gasteiger partial charge on any atom is -0.475 e. The highest BCUT2D eigenvalue weighted by Gasteiger charge is 2.22. The van der Waals surface area contributed by atoms with E-state index in [9.17, 15) is 0 Å². The van der Waals surface area contributed by atoms with Gasteiger partial charge in [0.1, 0.15) is 6.61 Å². The number of nitrogens with zero attached hydrogens (tertiary/aromatic N) is 2. The maximum atomic E-state index is 5.65. The van der Waals surface area contributed by atoms with Gasteiger partial charge in [-0.2, -0.15) is 0 Å². The molecule has 0 radical (unpaired) electrons. The summed E-state index contributed by atoms with van der Waals surface area (Å²) in [4.78, 5) is 6.69. The summed E-state index contributed by atoms with van der Waals surface area (Å²) in [5.74, 6) is 1.32. The second-order valence-electron chi connectivity index (χ2n) is 5.00. The third-order valence-corrected chi connectivity index (χ3v) is 3.07. The summed E-state index contributed by atoms with van der Waals surface area (Å²) in [6, 6.07) is 8.61. The fourth-order valence-corrected chi connectivity index (χ4v) is 1.79. The number of hydrogen-bond acceptors (Lipinski definition) is 3. The Balaban J connectivity index is 2.16. The van der Waals surface area contributed by atoms with Crippen molar-refractivity contribution in [3.05, 3.63) is 29.8 Å². The Hall–Kier alpha value is -1.51. The van der Waals surface area contributed by atoms with Crippen LogP contribution in [0.5, 0.6) is 0 Å². The zero-order valence-electron chi connectivity index (χ0n) is 11.0. The standard InChI is InChI=1S/C14H20N2O/c1-10(2)13-9-17-14(15-13)11-5-7-12(8-6-11)16(3)4/h5-8,10,13H,9H2,1-4H3/t13-/m0/s1. The molecule has 1 atom stereocenters. The van der Waals surface area contributed by atoms with Gasteiger partial charge >= 0.3 is 0 Å². The van der Waals surface area contributed by atoms with Crippen LogP contribution >= 0.6 is 0 Å². The van der Waals surface area contributed by atoms with Crippen LogP contribution in [0.4, 0.5) is 5.69 Å². The number of hydrogen-bond donors (Lipinski definition) is 0. The third kappa shape index (κ3) is 2.60. The van der Waals surface area contributed by atoms with Crippen molar-refractivity contribution in [2.45, 2.75) is 19.9 Å². The van der Waals surface area contributed by atoms with E-state index < -0.39 is 0 Å². The number of anilines is 1. The van der Waals surface area contributed by atoms with E-state index in [4.69, 9.17) is 4.74 Å². The summed E-state index contributed by atoms with van der Waals surface area (Å²) in [6.07, 6.45) is 0. The van der Waals surface area contributed by atoms with Gasteiger partial charge in [0, 0.05) is 25.3 Å². The van der Waals surface area contributed by atoms with E-state index in [1.54, 1.807) is 0 Å². The molecule has 0 unspecified atom stereocenters. The largest absolute Gasteiger partial charge is 0.475 e. The Morgan fingerprint density at radius 2 is 1.88 bits per heavy atom. The van der Waals surface area contributed by atoms with Gasteiger partial charge in [0.05, 0.1) is 6.04 Å². The summed E-state index contributed by atoms with van der Waals surface area (Å²) in [6.45, 7) is 5.06. The average Bonchev–Trinajstić information content (AvgIpc) is 2.78. The molecule has 0 aliphatic carbocycles. The molecule has 1 aromatic rings. The first-order valence-corrected chi connectivity index (χ1v) is 6.06. The van der Waals surface area contributed by atoms with E-state index in [0.717, 1.165) is 11.5 Å². The molecule has 0 saturated heterocycles. The van der Waals surface area contributed by atoms with Crippen LogP contribution < -0.4 is 4.90 Å². The number of aliphatic imine (C=N–C) groups is 1. The Morgan fingerprint density at radius 3 is 2.35 bits per heavy atom. The van der Waals surface area contributed by atoms with Crippen molar-refractivity contribution in [1.29, 1.82) is 0 Å². The first-order chi connectivity index (χ1) is 8.08. The Bertz CT molecular complexity index is 407. The van der Waals surface area contributed by atoms with Crippen LogP contribution in [-0.2, 0) is 4.74 Å². The van der Waals surface area contributed by atoms with E-state index in [-0.39, 0.29) is 0 Å². The van der Waals surface area contributed by atoms with E-state index in [1.165, 1.54) is 5.69 Å². The van der Waals surface area contributed by atoms with E-state index >= 15 is 0 Å². The predicted octanol–water partition coefficient (Wildman–Crippen LogP) is 2.55. The summed E-state index contributed by atoms with van der Waals surface area (Å²) < 4.78 is 5.65. The van der Waals surface area contributed by atoms with Gasteiger partial charge in [-0.1, -0.05) is 13.8 Å². The van der Waals surface area contributed by atoms with Crippen LogP contribution in [-0.4, -0.2) is 32.6 Å². The first kappa shape index (κ1) is 12.0. The molecular formula is C14H20N2O. The molecule has 0 saturated carbocycles. The van der Waals surface area contributed by atoms with Crippen LogP contribution in [0, 0.1) is 5.92 Å². The van der Waals surface area contributed by atoms with Gasteiger partial charge < -0.3 is 9.64 Å². The molecule has 0 aromatic heterocycles. The third-order valence-electron chi connectivity index (χ3n) is 3.07. The van der Waals surface area contributed by atoms with Gasteiger partial charge in [-0.15, -0.1) is 0 Å². The van der Waals surface area contributed by atoms with Crippen molar-refractivity contribution in [1.82, 2.24) is 0 Å². The molecule has 92 valence electrons. The smallest absolute Gasteiger partial charge is 0.216 e. The van der Waals surface area contributed by atoms with Crippen molar-refractivity contribution in [2.75, 3.05) is 25.6 Å². The lowest BCUT2D eigenvalue weighted by Crippen LogP contribution is -2.13. The highest BCUT2D eigenvalue weighted by molar-refractivity contribution is 5.95. The summed E-state index contributed by atoms with van der Waals surface area (Å²) >= 11 is 0. The number of rotatable bonds is 3. The van der Waals surface area contributed by atoms with Crippen LogP contribution in [0.25, 0.3) is 0 Å². The molecule has 1 aliphatic heterocycles. The lowest BCUT2D eigenvalue weighted by molar-refractivity contribution is 0.292. The molecule has 17 heavy (non-hydrogen) atoms. The van der Waals surface area contributed by atoms with Crippen LogP contribution in [0.2, 0.25) is 0 Å². The van der Waals surface area contributed by atoms with Crippen molar-refractivity contribution >= 4 is 11.6 Å². The SMILES string of the molecule is CC(C)[C@@H]1COC(c2ccc(N(C)C)cc2)=N1. The molecule has 0 N–H and O–H groups in total. The number of ether oxygens (including phenoxy) is 1. The highest BCUT2D eigenvalue weighted by atomic mass is 16.5. The second-order valence-corrected chi connectivity index (χ2v) is 5.00. The molecule has 0 bridgehead atoms. The number of benzene rings is 1. The minimum atomic E-state index is 0.304. The Kier molecular flexibility index (Phi) is 3.36. The van der Waals surface area contributed by atoms with Gasteiger partial charge in [0.25, 0.3) is 0 Å².